The predicted octanol–water partition coefficient (Wildman–Crippen LogP) is -1.35. The summed E-state index contributed by atoms with van der Waals surface area (Å²) < 4.78 is 1.57. The van der Waals surface area contributed by atoms with Crippen LogP contribution in [0.25, 0.3) is 0 Å². The second kappa shape index (κ2) is 4.14. The Morgan fingerprint density at radius 2 is 2.20 bits per heavy atom. The minimum atomic E-state index is -0.370. The van der Waals surface area contributed by atoms with Crippen molar-refractivity contribution in [3.8, 4) is 0 Å². The number of nitrogens with zero attached hydrogens (tertiary/aromatic N) is 1. The summed E-state index contributed by atoms with van der Waals surface area (Å²) in [4.78, 5) is 22.5. The van der Waals surface area contributed by atoms with Gasteiger partial charge in [-0.15, -0.1) is 0 Å². The van der Waals surface area contributed by atoms with Crippen molar-refractivity contribution in [1.29, 1.82) is 0 Å². The predicted molar refractivity (Wildman–Crippen MR) is 53.6 cm³/mol. The zero-order chi connectivity index (χ0) is 10.7. The summed E-state index contributed by atoms with van der Waals surface area (Å²) >= 11 is 0. The van der Waals surface area contributed by atoms with Gasteiger partial charge in [0.25, 0.3) is 5.91 Å². The normalized spacial score (nSPS) is 20.8. The van der Waals surface area contributed by atoms with Gasteiger partial charge in [-0.2, -0.15) is 0 Å². The highest BCUT2D eigenvalue weighted by Gasteiger charge is 2.23. The third-order valence-electron chi connectivity index (χ3n) is 2.17. The maximum atomic E-state index is 11.6. The second-order valence-electron chi connectivity index (χ2n) is 3.30. The topological polar surface area (TPSA) is 75.2 Å². The largest absolute Gasteiger partial charge is 0.353 e. The van der Waals surface area contributed by atoms with Gasteiger partial charge in [-0.25, -0.2) is 0 Å². The summed E-state index contributed by atoms with van der Waals surface area (Å²) in [6.07, 6.45) is 3.47. The summed E-state index contributed by atoms with van der Waals surface area (Å²) in [6.45, 7) is 0.510. The minimum absolute atomic E-state index is 0.0833. The maximum absolute atomic E-state index is 11.6. The van der Waals surface area contributed by atoms with Gasteiger partial charge < -0.3 is 5.32 Å². The minimum Gasteiger partial charge on any atom is -0.353 e. The molecule has 6 heteroatoms. The fraction of sp³-hybridized carbons (Fsp3) is 0.333. The second-order valence-corrected chi connectivity index (χ2v) is 3.30. The first-order valence-corrected chi connectivity index (χ1v) is 4.69. The number of rotatable bonds is 2. The lowest BCUT2D eigenvalue weighted by Crippen LogP contribution is -2.57. The molecular weight excluding hydrogens is 196 g/mol. The smallest absolute Gasteiger partial charge is 0.257 e. The Morgan fingerprint density at radius 3 is 2.80 bits per heavy atom. The molecule has 3 N–H and O–H groups in total. The Labute approximate surface area is 86.6 Å². The van der Waals surface area contributed by atoms with Crippen molar-refractivity contribution in [3.05, 3.63) is 24.5 Å². The first-order valence-electron chi connectivity index (χ1n) is 4.69. The molecule has 15 heavy (non-hydrogen) atoms. The Bertz CT molecular complexity index is 350. The number of carbonyl (C=O) groups is 2. The van der Waals surface area contributed by atoms with E-state index >= 15 is 0 Å². The molecule has 6 nitrogen and oxygen atoms in total. The molecular formula is C9H12N4O2. The Kier molecular flexibility index (Phi) is 2.68. The van der Waals surface area contributed by atoms with Crippen molar-refractivity contribution < 1.29 is 9.59 Å². The molecule has 80 valence electrons. The van der Waals surface area contributed by atoms with E-state index in [0.29, 0.717) is 6.54 Å². The van der Waals surface area contributed by atoms with E-state index in [0.717, 1.165) is 0 Å². The summed E-state index contributed by atoms with van der Waals surface area (Å²) in [5, 5.41) is 5.46. The van der Waals surface area contributed by atoms with Gasteiger partial charge in [-0.3, -0.25) is 25.0 Å². The number of piperazine rings is 1. The van der Waals surface area contributed by atoms with Gasteiger partial charge in [0.2, 0.25) is 5.91 Å². The molecule has 1 aliphatic rings. The van der Waals surface area contributed by atoms with Crippen LogP contribution in [0, 0.1) is 0 Å². The molecule has 1 aromatic heterocycles. The molecule has 2 heterocycles. The number of hydrogen-bond donors (Lipinski definition) is 3. The van der Waals surface area contributed by atoms with Crippen LogP contribution in [0.3, 0.4) is 0 Å². The quantitative estimate of drug-likeness (QED) is 0.562. The van der Waals surface area contributed by atoms with Crippen molar-refractivity contribution in [1.82, 2.24) is 15.3 Å². The lowest BCUT2D eigenvalue weighted by molar-refractivity contribution is -0.124. The third kappa shape index (κ3) is 2.35. The molecule has 0 saturated carbocycles. The van der Waals surface area contributed by atoms with Gasteiger partial charge in [0.1, 0.15) is 6.04 Å². The molecule has 1 saturated heterocycles. The SMILES string of the molecule is O=C1CNC(C(=O)Nn2cccc2)CN1. The zero-order valence-corrected chi connectivity index (χ0v) is 8.06. The van der Waals surface area contributed by atoms with Gasteiger partial charge in [-0.05, 0) is 12.1 Å². The Morgan fingerprint density at radius 1 is 1.47 bits per heavy atom. The molecule has 1 atom stereocenters. The Balaban J connectivity index is 1.89. The monoisotopic (exact) mass is 208 g/mol. The van der Waals surface area contributed by atoms with E-state index in [4.69, 9.17) is 0 Å². The van der Waals surface area contributed by atoms with Gasteiger partial charge in [0, 0.05) is 18.9 Å². The van der Waals surface area contributed by atoms with Gasteiger partial charge in [0.05, 0.1) is 6.54 Å². The number of carbonyl (C=O) groups excluding carboxylic acids is 2. The average molecular weight is 208 g/mol. The van der Waals surface area contributed by atoms with Crippen LogP contribution >= 0.6 is 0 Å². The van der Waals surface area contributed by atoms with Gasteiger partial charge in [-0.1, -0.05) is 0 Å². The molecule has 2 rings (SSSR count). The number of nitrogens with one attached hydrogen (secondary N) is 3. The van der Waals surface area contributed by atoms with E-state index in [1.165, 1.54) is 0 Å². The first-order chi connectivity index (χ1) is 7.25. The number of aromatic nitrogens is 1. The highest BCUT2D eigenvalue weighted by Crippen LogP contribution is 1.91. The van der Waals surface area contributed by atoms with Crippen LogP contribution in [0.1, 0.15) is 0 Å². The molecule has 1 aliphatic heterocycles. The summed E-state index contributed by atoms with van der Waals surface area (Å²) in [7, 11) is 0. The molecule has 1 aromatic rings. The lowest BCUT2D eigenvalue weighted by atomic mass is 10.2. The standard InChI is InChI=1S/C9H12N4O2/c14-8-6-10-7(5-11-8)9(15)12-13-3-1-2-4-13/h1-4,7,10H,5-6H2,(H,11,14)(H,12,15). The summed E-state index contributed by atoms with van der Waals surface area (Å²) in [6, 6.07) is 3.26. The molecule has 1 fully saturated rings. The van der Waals surface area contributed by atoms with Crippen molar-refractivity contribution in [3.63, 3.8) is 0 Å². The maximum Gasteiger partial charge on any atom is 0.257 e. The fourth-order valence-electron chi connectivity index (χ4n) is 1.37. The van der Waals surface area contributed by atoms with Crippen LogP contribution in [-0.2, 0) is 9.59 Å². The average Bonchev–Trinajstić information content (AvgIpc) is 2.71. The van der Waals surface area contributed by atoms with Crippen molar-refractivity contribution >= 4 is 11.8 Å². The Hall–Kier alpha value is -1.82. The van der Waals surface area contributed by atoms with E-state index in [1.807, 2.05) is 12.1 Å². The van der Waals surface area contributed by atoms with Crippen LogP contribution in [0.2, 0.25) is 0 Å². The zero-order valence-electron chi connectivity index (χ0n) is 8.06. The molecule has 0 aromatic carbocycles. The van der Waals surface area contributed by atoms with Crippen molar-refractivity contribution in [2.24, 2.45) is 0 Å². The van der Waals surface area contributed by atoms with E-state index < -0.39 is 0 Å². The van der Waals surface area contributed by atoms with Crippen LogP contribution in [0.15, 0.2) is 24.5 Å². The van der Waals surface area contributed by atoms with Crippen LogP contribution in [-0.4, -0.2) is 35.6 Å². The van der Waals surface area contributed by atoms with Crippen molar-refractivity contribution in [2.45, 2.75) is 6.04 Å². The molecule has 0 radical (unpaired) electrons. The van der Waals surface area contributed by atoms with E-state index in [2.05, 4.69) is 16.1 Å². The van der Waals surface area contributed by atoms with E-state index in [9.17, 15) is 9.59 Å². The molecule has 0 bridgehead atoms. The highest BCUT2D eigenvalue weighted by atomic mass is 16.2. The summed E-state index contributed by atoms with van der Waals surface area (Å²) in [5.74, 6) is -0.244. The van der Waals surface area contributed by atoms with Gasteiger partial charge >= 0.3 is 0 Å². The van der Waals surface area contributed by atoms with Crippen molar-refractivity contribution in [2.75, 3.05) is 18.5 Å². The van der Waals surface area contributed by atoms with E-state index in [-0.39, 0.29) is 24.4 Å². The third-order valence-corrected chi connectivity index (χ3v) is 2.17. The number of amides is 2. The van der Waals surface area contributed by atoms with Crippen LogP contribution in [0.4, 0.5) is 0 Å². The molecule has 2 amide bonds. The summed E-state index contributed by atoms with van der Waals surface area (Å²) in [5.41, 5.74) is 2.67. The highest BCUT2D eigenvalue weighted by molar-refractivity contribution is 5.91. The van der Waals surface area contributed by atoms with Crippen LogP contribution < -0.4 is 16.1 Å². The first kappa shape index (κ1) is 9.72. The fourth-order valence-corrected chi connectivity index (χ4v) is 1.37. The number of hydrogen-bond acceptors (Lipinski definition) is 3. The lowest BCUT2D eigenvalue weighted by Gasteiger charge is -2.23. The van der Waals surface area contributed by atoms with Gasteiger partial charge in [0.15, 0.2) is 0 Å². The molecule has 1 unspecified atom stereocenters. The molecule has 0 aliphatic carbocycles. The van der Waals surface area contributed by atoms with Crippen LogP contribution in [0.5, 0.6) is 0 Å². The molecule has 0 spiro atoms. The van der Waals surface area contributed by atoms with E-state index in [1.54, 1.807) is 17.1 Å².